The van der Waals surface area contributed by atoms with Gasteiger partial charge in [-0.25, -0.2) is 0 Å². The van der Waals surface area contributed by atoms with Crippen molar-refractivity contribution in [2.24, 2.45) is 11.8 Å². The van der Waals surface area contributed by atoms with Crippen LogP contribution in [0.15, 0.2) is 6.07 Å². The van der Waals surface area contributed by atoms with Gasteiger partial charge in [0.15, 0.2) is 0 Å². The first kappa shape index (κ1) is 19.6. The van der Waals surface area contributed by atoms with Crippen molar-refractivity contribution in [2.75, 3.05) is 32.7 Å². The highest BCUT2D eigenvalue weighted by molar-refractivity contribution is 7.14. The molecule has 1 aromatic rings. The maximum absolute atomic E-state index is 12.5. The summed E-state index contributed by atoms with van der Waals surface area (Å²) in [5.41, 5.74) is 1.33. The molecule has 2 saturated heterocycles. The lowest BCUT2D eigenvalue weighted by molar-refractivity contribution is -0.130. The van der Waals surface area contributed by atoms with E-state index in [2.05, 4.69) is 10.6 Å². The van der Waals surface area contributed by atoms with E-state index >= 15 is 0 Å². The van der Waals surface area contributed by atoms with E-state index in [1.165, 1.54) is 23.3 Å². The summed E-state index contributed by atoms with van der Waals surface area (Å²) < 4.78 is 0. The van der Waals surface area contributed by atoms with Crippen LogP contribution in [0, 0.1) is 11.8 Å². The fourth-order valence-corrected chi connectivity index (χ4v) is 5.59. The van der Waals surface area contributed by atoms with E-state index < -0.39 is 0 Å². The van der Waals surface area contributed by atoms with E-state index in [1.54, 1.807) is 11.3 Å². The number of thiophene rings is 1. The summed E-state index contributed by atoms with van der Waals surface area (Å²) in [5.74, 6) is 1.39. The number of carbonyl (C=O) groups is 2. The lowest BCUT2D eigenvalue weighted by Gasteiger charge is -2.21. The van der Waals surface area contributed by atoms with Gasteiger partial charge in [-0.05, 0) is 75.1 Å². The molecule has 2 fully saturated rings. The van der Waals surface area contributed by atoms with Gasteiger partial charge in [0.05, 0.1) is 11.4 Å². The van der Waals surface area contributed by atoms with Gasteiger partial charge in [-0.1, -0.05) is 0 Å². The zero-order valence-corrected chi connectivity index (χ0v) is 16.7. The Bertz CT molecular complexity index is 626. The van der Waals surface area contributed by atoms with Crippen molar-refractivity contribution < 1.29 is 9.59 Å². The highest BCUT2D eigenvalue weighted by atomic mass is 35.5. The number of rotatable bonds is 3. The van der Waals surface area contributed by atoms with E-state index in [-0.39, 0.29) is 30.8 Å². The number of likely N-dealkylation sites (tertiary alicyclic amines) is 1. The number of halogens is 1. The molecule has 1 aromatic heterocycles. The van der Waals surface area contributed by atoms with E-state index in [0.29, 0.717) is 11.8 Å². The van der Waals surface area contributed by atoms with Crippen LogP contribution in [-0.2, 0) is 17.6 Å². The van der Waals surface area contributed by atoms with Crippen molar-refractivity contribution in [3.05, 3.63) is 21.4 Å². The molecule has 2 atom stereocenters. The van der Waals surface area contributed by atoms with Crippen LogP contribution in [0.5, 0.6) is 0 Å². The average Bonchev–Trinajstić information content (AvgIpc) is 3.21. The predicted molar refractivity (Wildman–Crippen MR) is 106 cm³/mol. The molecular formula is C19H28ClN3O2S. The molecule has 5 nitrogen and oxygen atoms in total. The molecule has 0 spiro atoms. The molecule has 0 radical (unpaired) electrons. The van der Waals surface area contributed by atoms with Gasteiger partial charge in [-0.3, -0.25) is 9.59 Å². The first-order chi connectivity index (χ1) is 12.2. The first-order valence-corrected chi connectivity index (χ1v) is 10.4. The zero-order valence-electron chi connectivity index (χ0n) is 15.1. The normalized spacial score (nSPS) is 24.8. The van der Waals surface area contributed by atoms with Crippen molar-refractivity contribution in [3.8, 4) is 0 Å². The van der Waals surface area contributed by atoms with E-state index in [0.717, 1.165) is 56.7 Å². The van der Waals surface area contributed by atoms with Crippen LogP contribution in [0.4, 0.5) is 0 Å². The number of nitrogens with zero attached hydrogens (tertiary/aromatic N) is 1. The number of nitrogens with one attached hydrogen (secondary N) is 2. The predicted octanol–water partition coefficient (Wildman–Crippen LogP) is 2.24. The van der Waals surface area contributed by atoms with Crippen LogP contribution in [0.2, 0.25) is 0 Å². The Morgan fingerprint density at radius 3 is 2.54 bits per heavy atom. The molecule has 3 heterocycles. The topological polar surface area (TPSA) is 61.4 Å². The fraction of sp³-hybridized carbons (Fsp3) is 0.684. The van der Waals surface area contributed by atoms with Gasteiger partial charge < -0.3 is 15.5 Å². The number of hydrogen-bond donors (Lipinski definition) is 2. The summed E-state index contributed by atoms with van der Waals surface area (Å²) in [4.78, 5) is 29.0. The smallest absolute Gasteiger partial charge is 0.261 e. The Hall–Kier alpha value is -1.11. The molecule has 2 aliphatic heterocycles. The number of fused-ring (bicyclic) bond motifs is 2. The molecule has 4 rings (SSSR count). The second-order valence-electron chi connectivity index (χ2n) is 7.59. The van der Waals surface area contributed by atoms with Crippen LogP contribution in [-0.4, -0.2) is 49.4 Å². The highest BCUT2D eigenvalue weighted by Gasteiger charge is 2.31. The minimum absolute atomic E-state index is 0. The second kappa shape index (κ2) is 8.72. The SMILES string of the molecule is Cl.O=C(NCC(=O)N1CC[C@@H]2CNC[C@@H]2CC1)c1cc2c(s1)CCCC2. The van der Waals surface area contributed by atoms with Crippen LogP contribution in [0.25, 0.3) is 0 Å². The molecule has 1 aliphatic carbocycles. The minimum atomic E-state index is -0.0939. The summed E-state index contributed by atoms with van der Waals surface area (Å²) in [5, 5.41) is 6.30. The van der Waals surface area contributed by atoms with Gasteiger partial charge in [-0.2, -0.15) is 0 Å². The molecule has 26 heavy (non-hydrogen) atoms. The zero-order chi connectivity index (χ0) is 17.2. The van der Waals surface area contributed by atoms with Crippen molar-refractivity contribution in [2.45, 2.75) is 38.5 Å². The average molecular weight is 398 g/mol. The van der Waals surface area contributed by atoms with Gasteiger partial charge in [0, 0.05) is 18.0 Å². The van der Waals surface area contributed by atoms with E-state index in [9.17, 15) is 9.59 Å². The molecule has 2 N–H and O–H groups in total. The Morgan fingerprint density at radius 2 is 1.85 bits per heavy atom. The Labute approximate surface area is 165 Å². The van der Waals surface area contributed by atoms with Crippen molar-refractivity contribution in [1.82, 2.24) is 15.5 Å². The van der Waals surface area contributed by atoms with Crippen LogP contribution >= 0.6 is 23.7 Å². The van der Waals surface area contributed by atoms with Crippen LogP contribution in [0.3, 0.4) is 0 Å². The van der Waals surface area contributed by atoms with Gasteiger partial charge in [0.1, 0.15) is 0 Å². The maximum atomic E-state index is 12.5. The Balaban J connectivity index is 0.00000196. The molecule has 144 valence electrons. The standard InChI is InChI=1S/C19H27N3O2S.ClH/c23-18(22-7-5-14-10-20-11-15(14)6-8-22)12-21-19(24)17-9-13-3-1-2-4-16(13)25-17;/h9,14-15,20H,1-8,10-12H2,(H,21,24);1H/t14-,15+;. The minimum Gasteiger partial charge on any atom is -0.342 e. The van der Waals surface area contributed by atoms with Gasteiger partial charge >= 0.3 is 0 Å². The third kappa shape index (κ3) is 4.24. The largest absolute Gasteiger partial charge is 0.342 e. The first-order valence-electron chi connectivity index (χ1n) is 9.59. The Kier molecular flexibility index (Phi) is 6.59. The molecule has 3 aliphatic rings. The number of hydrogen-bond acceptors (Lipinski definition) is 4. The number of aryl methyl sites for hydroxylation is 2. The Morgan fingerprint density at radius 1 is 1.15 bits per heavy atom. The number of amides is 2. The van der Waals surface area contributed by atoms with Gasteiger partial charge in [-0.15, -0.1) is 23.7 Å². The van der Waals surface area contributed by atoms with Gasteiger partial charge in [0.2, 0.25) is 5.91 Å². The summed E-state index contributed by atoms with van der Waals surface area (Å²) >= 11 is 1.60. The molecule has 0 unspecified atom stereocenters. The quantitative estimate of drug-likeness (QED) is 0.822. The van der Waals surface area contributed by atoms with Crippen LogP contribution < -0.4 is 10.6 Å². The summed E-state index contributed by atoms with van der Waals surface area (Å²) in [7, 11) is 0. The molecule has 0 aromatic carbocycles. The molecular weight excluding hydrogens is 370 g/mol. The second-order valence-corrected chi connectivity index (χ2v) is 8.72. The van der Waals surface area contributed by atoms with E-state index in [4.69, 9.17) is 0 Å². The van der Waals surface area contributed by atoms with Crippen molar-refractivity contribution in [1.29, 1.82) is 0 Å². The third-order valence-corrected chi connectivity index (χ3v) is 7.23. The van der Waals surface area contributed by atoms with Crippen molar-refractivity contribution in [3.63, 3.8) is 0 Å². The third-order valence-electron chi connectivity index (χ3n) is 5.99. The van der Waals surface area contributed by atoms with Gasteiger partial charge in [0.25, 0.3) is 5.91 Å². The lowest BCUT2D eigenvalue weighted by atomic mass is 9.92. The van der Waals surface area contributed by atoms with Crippen LogP contribution in [0.1, 0.15) is 45.8 Å². The molecule has 0 saturated carbocycles. The molecule has 7 heteroatoms. The summed E-state index contributed by atoms with van der Waals surface area (Å²) in [6.07, 6.45) is 6.78. The number of carbonyl (C=O) groups excluding carboxylic acids is 2. The van der Waals surface area contributed by atoms with Crippen molar-refractivity contribution >= 4 is 35.6 Å². The maximum Gasteiger partial charge on any atom is 0.261 e. The summed E-state index contributed by atoms with van der Waals surface area (Å²) in [6, 6.07) is 2.03. The lowest BCUT2D eigenvalue weighted by Crippen LogP contribution is -2.40. The summed E-state index contributed by atoms with van der Waals surface area (Å²) in [6.45, 7) is 3.95. The monoisotopic (exact) mass is 397 g/mol. The molecule has 2 amide bonds. The fourth-order valence-electron chi connectivity index (χ4n) is 4.42. The highest BCUT2D eigenvalue weighted by Crippen LogP contribution is 2.30. The van der Waals surface area contributed by atoms with E-state index in [1.807, 2.05) is 11.0 Å². The molecule has 0 bridgehead atoms.